The first kappa shape index (κ1) is 14.7. The van der Waals surface area contributed by atoms with Crippen molar-refractivity contribution in [3.8, 4) is 11.5 Å². The van der Waals surface area contributed by atoms with E-state index in [9.17, 15) is 9.90 Å². The van der Waals surface area contributed by atoms with Crippen molar-refractivity contribution in [3.63, 3.8) is 0 Å². The van der Waals surface area contributed by atoms with Crippen LogP contribution in [-0.4, -0.2) is 49.8 Å². The molecule has 0 saturated carbocycles. The van der Waals surface area contributed by atoms with E-state index >= 15 is 0 Å². The second-order valence-corrected chi connectivity index (χ2v) is 5.10. The Morgan fingerprint density at radius 3 is 2.80 bits per heavy atom. The molecule has 0 atom stereocenters. The molecule has 1 aromatic carbocycles. The van der Waals surface area contributed by atoms with Crippen LogP contribution in [0.5, 0.6) is 11.5 Å². The van der Waals surface area contributed by atoms with Gasteiger partial charge in [0, 0.05) is 26.8 Å². The molecule has 0 aromatic heterocycles. The standard InChI is InChI=1S/C15H21NO4/c1-16(10-11-6-8-20-9-7-11)15(18)12-4-3-5-13(19-2)14(12)17/h3-5,11,17H,6-10H2,1-2H3. The number of benzene rings is 1. The second kappa shape index (κ2) is 6.61. The van der Waals surface area contributed by atoms with Crippen molar-refractivity contribution in [2.24, 2.45) is 5.92 Å². The Balaban J connectivity index is 2.06. The van der Waals surface area contributed by atoms with Crippen molar-refractivity contribution < 1.29 is 19.4 Å². The molecule has 20 heavy (non-hydrogen) atoms. The number of amides is 1. The summed E-state index contributed by atoms with van der Waals surface area (Å²) in [7, 11) is 3.23. The first-order valence-electron chi connectivity index (χ1n) is 6.82. The summed E-state index contributed by atoms with van der Waals surface area (Å²) >= 11 is 0. The van der Waals surface area contributed by atoms with Gasteiger partial charge in [-0.2, -0.15) is 0 Å². The van der Waals surface area contributed by atoms with E-state index in [4.69, 9.17) is 9.47 Å². The van der Waals surface area contributed by atoms with Crippen LogP contribution in [-0.2, 0) is 4.74 Å². The van der Waals surface area contributed by atoms with Crippen LogP contribution in [0.1, 0.15) is 23.2 Å². The third-order valence-electron chi connectivity index (χ3n) is 3.67. The number of aromatic hydroxyl groups is 1. The van der Waals surface area contributed by atoms with Crippen LogP contribution in [0.3, 0.4) is 0 Å². The van der Waals surface area contributed by atoms with Crippen molar-refractivity contribution in [1.82, 2.24) is 4.90 Å². The van der Waals surface area contributed by atoms with Gasteiger partial charge < -0.3 is 19.5 Å². The quantitative estimate of drug-likeness (QED) is 0.914. The van der Waals surface area contributed by atoms with Gasteiger partial charge in [0.25, 0.3) is 5.91 Å². The first-order valence-corrected chi connectivity index (χ1v) is 6.82. The zero-order valence-corrected chi connectivity index (χ0v) is 12.0. The molecule has 0 aliphatic carbocycles. The van der Waals surface area contributed by atoms with Crippen LogP contribution >= 0.6 is 0 Å². The number of phenols is 1. The average Bonchev–Trinajstić information content (AvgIpc) is 2.48. The molecule has 1 aliphatic rings. The molecular weight excluding hydrogens is 258 g/mol. The topological polar surface area (TPSA) is 59.0 Å². The summed E-state index contributed by atoms with van der Waals surface area (Å²) in [5, 5.41) is 10.0. The van der Waals surface area contributed by atoms with Crippen molar-refractivity contribution in [2.45, 2.75) is 12.8 Å². The zero-order chi connectivity index (χ0) is 14.5. The molecule has 1 aliphatic heterocycles. The Hall–Kier alpha value is -1.75. The van der Waals surface area contributed by atoms with Crippen LogP contribution < -0.4 is 4.74 Å². The molecule has 2 rings (SSSR count). The average molecular weight is 279 g/mol. The number of nitrogens with zero attached hydrogens (tertiary/aromatic N) is 1. The number of rotatable bonds is 4. The summed E-state index contributed by atoms with van der Waals surface area (Å²) in [4.78, 5) is 14.0. The van der Waals surface area contributed by atoms with Gasteiger partial charge in [-0.15, -0.1) is 0 Å². The summed E-state index contributed by atoms with van der Waals surface area (Å²) < 4.78 is 10.3. The van der Waals surface area contributed by atoms with Gasteiger partial charge in [-0.1, -0.05) is 6.07 Å². The second-order valence-electron chi connectivity index (χ2n) is 5.10. The Morgan fingerprint density at radius 1 is 1.45 bits per heavy atom. The van der Waals surface area contributed by atoms with E-state index in [0.29, 0.717) is 18.2 Å². The van der Waals surface area contributed by atoms with E-state index in [1.807, 2.05) is 0 Å². The van der Waals surface area contributed by atoms with Crippen molar-refractivity contribution in [2.75, 3.05) is 33.9 Å². The van der Waals surface area contributed by atoms with Crippen LogP contribution in [0, 0.1) is 5.92 Å². The van der Waals surface area contributed by atoms with Gasteiger partial charge in [0.15, 0.2) is 11.5 Å². The van der Waals surface area contributed by atoms with Gasteiger partial charge in [-0.3, -0.25) is 4.79 Å². The SMILES string of the molecule is COc1cccc(C(=O)N(C)CC2CCOCC2)c1O. The summed E-state index contributed by atoms with van der Waals surface area (Å²) in [5.41, 5.74) is 0.277. The highest BCUT2D eigenvalue weighted by Gasteiger charge is 2.22. The highest BCUT2D eigenvalue weighted by atomic mass is 16.5. The number of hydrogen-bond donors (Lipinski definition) is 1. The van der Waals surface area contributed by atoms with Gasteiger partial charge >= 0.3 is 0 Å². The van der Waals surface area contributed by atoms with Crippen molar-refractivity contribution >= 4 is 5.91 Å². The van der Waals surface area contributed by atoms with E-state index < -0.39 is 0 Å². The Bertz CT molecular complexity index is 469. The van der Waals surface area contributed by atoms with Gasteiger partial charge in [-0.25, -0.2) is 0 Å². The van der Waals surface area contributed by atoms with E-state index in [1.165, 1.54) is 7.11 Å². The van der Waals surface area contributed by atoms with E-state index in [0.717, 1.165) is 26.1 Å². The first-order chi connectivity index (χ1) is 9.63. The predicted molar refractivity (Wildman–Crippen MR) is 75.2 cm³/mol. The molecule has 1 heterocycles. The van der Waals surface area contributed by atoms with E-state index in [2.05, 4.69) is 0 Å². The molecular formula is C15H21NO4. The molecule has 5 nitrogen and oxygen atoms in total. The lowest BCUT2D eigenvalue weighted by atomic mass is 9.99. The van der Waals surface area contributed by atoms with Crippen molar-refractivity contribution in [1.29, 1.82) is 0 Å². The highest BCUT2D eigenvalue weighted by molar-refractivity contribution is 5.97. The maximum Gasteiger partial charge on any atom is 0.257 e. The fourth-order valence-corrected chi connectivity index (χ4v) is 2.46. The van der Waals surface area contributed by atoms with Gasteiger partial charge in [0.1, 0.15) is 0 Å². The van der Waals surface area contributed by atoms with Crippen LogP contribution in [0.15, 0.2) is 18.2 Å². The third-order valence-corrected chi connectivity index (χ3v) is 3.67. The monoisotopic (exact) mass is 279 g/mol. The molecule has 1 N–H and O–H groups in total. The lowest BCUT2D eigenvalue weighted by molar-refractivity contribution is 0.0496. The van der Waals surface area contributed by atoms with Gasteiger partial charge in [-0.05, 0) is 30.9 Å². The van der Waals surface area contributed by atoms with Gasteiger partial charge in [0.2, 0.25) is 0 Å². The molecule has 0 radical (unpaired) electrons. The van der Waals surface area contributed by atoms with Crippen LogP contribution in [0.25, 0.3) is 0 Å². The summed E-state index contributed by atoms with van der Waals surface area (Å²) in [6.45, 7) is 2.20. The summed E-state index contributed by atoms with van der Waals surface area (Å²) in [5.74, 6) is 0.493. The number of methoxy groups -OCH3 is 1. The molecule has 5 heteroatoms. The van der Waals surface area contributed by atoms with E-state index in [1.54, 1.807) is 30.1 Å². The zero-order valence-electron chi connectivity index (χ0n) is 12.0. The molecule has 1 amide bonds. The fraction of sp³-hybridized carbons (Fsp3) is 0.533. The number of carbonyl (C=O) groups excluding carboxylic acids is 1. The lowest BCUT2D eigenvalue weighted by Gasteiger charge is -2.27. The molecule has 110 valence electrons. The molecule has 1 aromatic rings. The number of hydrogen-bond acceptors (Lipinski definition) is 4. The fourth-order valence-electron chi connectivity index (χ4n) is 2.46. The Morgan fingerprint density at radius 2 is 2.15 bits per heavy atom. The molecule has 1 fully saturated rings. The molecule has 0 unspecified atom stereocenters. The minimum Gasteiger partial charge on any atom is -0.504 e. The number of carbonyl (C=O) groups is 1. The van der Waals surface area contributed by atoms with Crippen LogP contribution in [0.4, 0.5) is 0 Å². The minimum atomic E-state index is -0.187. The largest absolute Gasteiger partial charge is 0.504 e. The summed E-state index contributed by atoms with van der Waals surface area (Å²) in [6.07, 6.45) is 1.95. The maximum absolute atomic E-state index is 12.4. The minimum absolute atomic E-state index is 0.0983. The highest BCUT2D eigenvalue weighted by Crippen LogP contribution is 2.30. The number of phenolic OH excluding ortho intramolecular Hbond substituents is 1. The smallest absolute Gasteiger partial charge is 0.257 e. The molecule has 0 spiro atoms. The lowest BCUT2D eigenvalue weighted by Crippen LogP contribution is -2.34. The third kappa shape index (κ3) is 3.22. The number of ether oxygens (including phenoxy) is 2. The van der Waals surface area contributed by atoms with Crippen LogP contribution in [0.2, 0.25) is 0 Å². The normalized spacial score (nSPS) is 15.9. The number of para-hydroxylation sites is 1. The van der Waals surface area contributed by atoms with Gasteiger partial charge in [0.05, 0.1) is 12.7 Å². The molecule has 1 saturated heterocycles. The summed E-state index contributed by atoms with van der Waals surface area (Å²) in [6, 6.07) is 4.94. The molecule has 0 bridgehead atoms. The van der Waals surface area contributed by atoms with E-state index in [-0.39, 0.29) is 17.2 Å². The predicted octanol–water partition coefficient (Wildman–Crippen LogP) is 1.90. The maximum atomic E-state index is 12.4. The Labute approximate surface area is 119 Å². The van der Waals surface area contributed by atoms with Crippen molar-refractivity contribution in [3.05, 3.63) is 23.8 Å². The Kier molecular flexibility index (Phi) is 4.84.